The molecule has 3 rings (SSSR count). The molecule has 1 aliphatic rings. The molecule has 0 saturated carbocycles. The molecule has 0 aliphatic carbocycles. The summed E-state index contributed by atoms with van der Waals surface area (Å²) >= 11 is 1.46. The van der Waals surface area contributed by atoms with Gasteiger partial charge in [0, 0.05) is 18.5 Å². The van der Waals surface area contributed by atoms with Gasteiger partial charge in [-0.05, 0) is 31.9 Å². The van der Waals surface area contributed by atoms with Crippen molar-refractivity contribution in [1.29, 1.82) is 0 Å². The van der Waals surface area contributed by atoms with Crippen molar-refractivity contribution >= 4 is 34.5 Å². The molecule has 0 radical (unpaired) electrons. The summed E-state index contributed by atoms with van der Waals surface area (Å²) in [4.78, 5) is 30.6. The van der Waals surface area contributed by atoms with E-state index in [-0.39, 0.29) is 17.8 Å². The van der Waals surface area contributed by atoms with Crippen LogP contribution in [-0.4, -0.2) is 47.2 Å². The molecule has 2 aromatic rings. The van der Waals surface area contributed by atoms with Crippen LogP contribution in [0.2, 0.25) is 0 Å². The summed E-state index contributed by atoms with van der Waals surface area (Å²) in [6.07, 6.45) is 1.37. The average molecular weight is 358 g/mol. The van der Waals surface area contributed by atoms with E-state index in [4.69, 9.17) is 4.74 Å². The molecule has 0 spiro atoms. The Morgan fingerprint density at radius 2 is 1.96 bits per heavy atom. The molecule has 6 heteroatoms. The third-order valence-electron chi connectivity index (χ3n) is 4.38. The highest BCUT2D eigenvalue weighted by Gasteiger charge is 2.28. The molecular formula is C19H22N2O3S. The van der Waals surface area contributed by atoms with Crippen molar-refractivity contribution in [2.45, 2.75) is 24.8 Å². The Morgan fingerprint density at radius 1 is 1.20 bits per heavy atom. The second-order valence-electron chi connectivity index (χ2n) is 6.04. The van der Waals surface area contributed by atoms with Crippen LogP contribution in [0.1, 0.15) is 19.8 Å². The molecule has 1 fully saturated rings. The van der Waals surface area contributed by atoms with Gasteiger partial charge < -0.3 is 9.64 Å². The Morgan fingerprint density at radius 3 is 2.72 bits per heavy atom. The van der Waals surface area contributed by atoms with Gasteiger partial charge >= 0.3 is 5.97 Å². The van der Waals surface area contributed by atoms with Crippen molar-refractivity contribution < 1.29 is 14.3 Å². The highest BCUT2D eigenvalue weighted by molar-refractivity contribution is 7.99. The van der Waals surface area contributed by atoms with Gasteiger partial charge in [-0.3, -0.25) is 9.59 Å². The number of hydrogen-bond donors (Lipinski definition) is 0. The van der Waals surface area contributed by atoms with Gasteiger partial charge in [-0.15, -0.1) is 0 Å². The highest BCUT2D eigenvalue weighted by atomic mass is 32.2. The van der Waals surface area contributed by atoms with Gasteiger partial charge in [0.05, 0.1) is 28.8 Å². The number of hydrogen-bond acceptors (Lipinski definition) is 5. The Balaban J connectivity index is 1.50. The summed E-state index contributed by atoms with van der Waals surface area (Å²) in [5.41, 5.74) is 0.940. The minimum Gasteiger partial charge on any atom is -0.466 e. The second kappa shape index (κ2) is 8.34. The fourth-order valence-corrected chi connectivity index (χ4v) is 3.76. The molecule has 132 valence electrons. The SMILES string of the molecule is CCOC(=O)C1CCN(C(=O)CSc2ccc3ccccc3n2)CC1. The van der Waals surface area contributed by atoms with Gasteiger partial charge in [0.1, 0.15) is 0 Å². The largest absolute Gasteiger partial charge is 0.466 e. The smallest absolute Gasteiger partial charge is 0.309 e. The van der Waals surface area contributed by atoms with Gasteiger partial charge in [-0.2, -0.15) is 0 Å². The number of ether oxygens (including phenoxy) is 1. The van der Waals surface area contributed by atoms with E-state index >= 15 is 0 Å². The predicted molar refractivity (Wildman–Crippen MR) is 98.4 cm³/mol. The highest BCUT2D eigenvalue weighted by Crippen LogP contribution is 2.23. The number of pyridine rings is 1. The number of benzene rings is 1. The van der Waals surface area contributed by atoms with E-state index in [2.05, 4.69) is 4.98 Å². The monoisotopic (exact) mass is 358 g/mol. The third kappa shape index (κ3) is 4.51. The van der Waals surface area contributed by atoms with Crippen LogP contribution in [-0.2, 0) is 14.3 Å². The maximum Gasteiger partial charge on any atom is 0.309 e. The molecule has 0 bridgehead atoms. The number of thioether (sulfide) groups is 1. The van der Waals surface area contributed by atoms with Crippen LogP contribution in [0.25, 0.3) is 10.9 Å². The van der Waals surface area contributed by atoms with Crippen LogP contribution >= 0.6 is 11.8 Å². The number of fused-ring (bicyclic) bond motifs is 1. The Hall–Kier alpha value is -2.08. The number of amides is 1. The zero-order chi connectivity index (χ0) is 17.6. The third-order valence-corrected chi connectivity index (χ3v) is 5.30. The molecule has 1 amide bonds. The molecule has 0 unspecified atom stereocenters. The topological polar surface area (TPSA) is 59.5 Å². The molecule has 25 heavy (non-hydrogen) atoms. The number of carbonyl (C=O) groups is 2. The number of aromatic nitrogens is 1. The lowest BCUT2D eigenvalue weighted by molar-refractivity contribution is -0.151. The normalized spacial score (nSPS) is 15.3. The van der Waals surface area contributed by atoms with Crippen molar-refractivity contribution in [1.82, 2.24) is 9.88 Å². The van der Waals surface area contributed by atoms with E-state index in [1.165, 1.54) is 11.8 Å². The number of likely N-dealkylation sites (tertiary alicyclic amines) is 1. The molecular weight excluding hydrogens is 336 g/mol. The first-order chi connectivity index (χ1) is 12.2. The summed E-state index contributed by atoms with van der Waals surface area (Å²) in [7, 11) is 0. The molecule has 0 atom stereocenters. The van der Waals surface area contributed by atoms with Crippen LogP contribution < -0.4 is 0 Å². The first-order valence-electron chi connectivity index (χ1n) is 8.60. The molecule has 1 aliphatic heterocycles. The average Bonchev–Trinajstić information content (AvgIpc) is 2.66. The van der Waals surface area contributed by atoms with Crippen molar-refractivity contribution in [2.24, 2.45) is 5.92 Å². The Bertz CT molecular complexity index is 757. The molecule has 1 aromatic carbocycles. The first-order valence-corrected chi connectivity index (χ1v) is 9.59. The molecule has 0 N–H and O–H groups in total. The zero-order valence-electron chi connectivity index (χ0n) is 14.3. The minimum atomic E-state index is -0.135. The molecule has 2 heterocycles. The van der Waals surface area contributed by atoms with Crippen LogP contribution in [0, 0.1) is 5.92 Å². The van der Waals surface area contributed by atoms with Crippen LogP contribution in [0.5, 0.6) is 0 Å². The molecule has 5 nitrogen and oxygen atoms in total. The van der Waals surface area contributed by atoms with Crippen molar-refractivity contribution in [3.05, 3.63) is 36.4 Å². The van der Waals surface area contributed by atoms with E-state index in [9.17, 15) is 9.59 Å². The maximum atomic E-state index is 12.4. The maximum absolute atomic E-state index is 12.4. The quantitative estimate of drug-likeness (QED) is 0.607. The van der Waals surface area contributed by atoms with Gasteiger partial charge in [-0.25, -0.2) is 4.98 Å². The fourth-order valence-electron chi connectivity index (χ4n) is 2.98. The van der Waals surface area contributed by atoms with Gasteiger partial charge in [0.15, 0.2) is 0 Å². The van der Waals surface area contributed by atoms with E-state index in [1.54, 1.807) is 0 Å². The lowest BCUT2D eigenvalue weighted by Crippen LogP contribution is -2.41. The van der Waals surface area contributed by atoms with Gasteiger partial charge in [0.2, 0.25) is 5.91 Å². The number of carbonyl (C=O) groups excluding carboxylic acids is 2. The lowest BCUT2D eigenvalue weighted by Gasteiger charge is -2.30. The summed E-state index contributed by atoms with van der Waals surface area (Å²) in [6, 6.07) is 11.9. The van der Waals surface area contributed by atoms with E-state index < -0.39 is 0 Å². The molecule has 1 saturated heterocycles. The summed E-state index contributed by atoms with van der Waals surface area (Å²) in [5, 5.41) is 1.95. The standard InChI is InChI=1S/C19H22N2O3S/c1-2-24-19(23)15-9-11-21(12-10-15)18(22)13-25-17-8-7-14-5-3-4-6-16(14)20-17/h3-8,15H,2,9-13H2,1H3. The number of piperidine rings is 1. The van der Waals surface area contributed by atoms with Crippen LogP contribution in [0.15, 0.2) is 41.4 Å². The van der Waals surface area contributed by atoms with Gasteiger partial charge in [-0.1, -0.05) is 36.0 Å². The van der Waals surface area contributed by atoms with Gasteiger partial charge in [0.25, 0.3) is 0 Å². The zero-order valence-corrected chi connectivity index (χ0v) is 15.1. The number of esters is 1. The first kappa shape index (κ1) is 17.7. The lowest BCUT2D eigenvalue weighted by atomic mass is 9.97. The van der Waals surface area contributed by atoms with E-state index in [0.717, 1.165) is 15.9 Å². The summed E-state index contributed by atoms with van der Waals surface area (Å²) in [6.45, 7) is 3.46. The fraction of sp³-hybridized carbons (Fsp3) is 0.421. The minimum absolute atomic E-state index is 0.0705. The molecule has 1 aromatic heterocycles. The summed E-state index contributed by atoms with van der Waals surface area (Å²) < 4.78 is 5.06. The van der Waals surface area contributed by atoms with E-state index in [1.807, 2.05) is 48.2 Å². The van der Waals surface area contributed by atoms with Crippen LogP contribution in [0.4, 0.5) is 0 Å². The van der Waals surface area contributed by atoms with Crippen molar-refractivity contribution in [3.63, 3.8) is 0 Å². The van der Waals surface area contributed by atoms with Crippen molar-refractivity contribution in [2.75, 3.05) is 25.4 Å². The van der Waals surface area contributed by atoms with Crippen LogP contribution in [0.3, 0.4) is 0 Å². The number of nitrogens with zero attached hydrogens (tertiary/aromatic N) is 2. The Labute approximate surface area is 151 Å². The predicted octanol–water partition coefficient (Wildman–Crippen LogP) is 3.13. The number of rotatable bonds is 5. The second-order valence-corrected chi connectivity index (χ2v) is 7.03. The number of para-hydroxylation sites is 1. The summed E-state index contributed by atoms with van der Waals surface area (Å²) in [5.74, 6) is 0.264. The Kier molecular flexibility index (Phi) is 5.91. The van der Waals surface area contributed by atoms with E-state index in [0.29, 0.717) is 38.3 Å². The van der Waals surface area contributed by atoms with Crippen molar-refractivity contribution in [3.8, 4) is 0 Å².